The van der Waals surface area contributed by atoms with Crippen LogP contribution in [-0.2, 0) is 13.0 Å². The van der Waals surface area contributed by atoms with E-state index < -0.39 is 0 Å². The van der Waals surface area contributed by atoms with E-state index in [1.807, 2.05) is 18.2 Å². The van der Waals surface area contributed by atoms with Gasteiger partial charge in [-0.15, -0.1) is 0 Å². The summed E-state index contributed by atoms with van der Waals surface area (Å²) in [7, 11) is 0. The molecule has 4 nitrogen and oxygen atoms in total. The smallest absolute Gasteiger partial charge is 0.257 e. The molecule has 0 saturated heterocycles. The van der Waals surface area contributed by atoms with Crippen molar-refractivity contribution in [2.24, 2.45) is 0 Å². The molecule has 1 aromatic carbocycles. The predicted octanol–water partition coefficient (Wildman–Crippen LogP) is 2.74. The van der Waals surface area contributed by atoms with E-state index in [2.05, 4.69) is 37.6 Å². The van der Waals surface area contributed by atoms with E-state index in [-0.39, 0.29) is 5.91 Å². The van der Waals surface area contributed by atoms with Crippen LogP contribution in [0.25, 0.3) is 0 Å². The Bertz CT molecular complexity index is 640. The molecule has 0 aliphatic carbocycles. The largest absolute Gasteiger partial charge is 0.312 e. The van der Waals surface area contributed by atoms with Gasteiger partial charge < -0.3 is 10.6 Å². The fraction of sp³-hybridized carbons (Fsp3) is 0.200. The Labute approximate surface area is 125 Å². The van der Waals surface area contributed by atoms with Crippen LogP contribution in [0.4, 0.5) is 5.82 Å². The van der Waals surface area contributed by atoms with Crippen LogP contribution >= 0.6 is 15.9 Å². The Morgan fingerprint density at radius 3 is 3.00 bits per heavy atom. The number of halogens is 1. The molecule has 1 aliphatic heterocycles. The summed E-state index contributed by atoms with van der Waals surface area (Å²) in [5.74, 6) is 0.461. The molecule has 1 amide bonds. The van der Waals surface area contributed by atoms with Crippen molar-refractivity contribution in [1.29, 1.82) is 0 Å². The highest BCUT2D eigenvalue weighted by molar-refractivity contribution is 9.10. The number of pyridine rings is 1. The zero-order valence-electron chi connectivity index (χ0n) is 10.8. The van der Waals surface area contributed by atoms with Crippen molar-refractivity contribution in [2.45, 2.75) is 13.0 Å². The molecule has 0 saturated carbocycles. The summed E-state index contributed by atoms with van der Waals surface area (Å²) in [5, 5.41) is 6.16. The molecule has 0 bridgehead atoms. The number of nitrogens with zero attached hydrogens (tertiary/aromatic N) is 1. The Morgan fingerprint density at radius 1 is 1.30 bits per heavy atom. The van der Waals surface area contributed by atoms with Crippen LogP contribution in [-0.4, -0.2) is 17.4 Å². The number of hydrogen-bond acceptors (Lipinski definition) is 3. The Morgan fingerprint density at radius 2 is 2.20 bits per heavy atom. The third-order valence-electron chi connectivity index (χ3n) is 3.35. The highest BCUT2D eigenvalue weighted by Crippen LogP contribution is 2.20. The molecule has 2 heterocycles. The number of fused-ring (bicyclic) bond motifs is 1. The van der Waals surface area contributed by atoms with Gasteiger partial charge in [0.2, 0.25) is 0 Å². The summed E-state index contributed by atoms with van der Waals surface area (Å²) in [6, 6.07) is 9.50. The van der Waals surface area contributed by atoms with Gasteiger partial charge in [0.15, 0.2) is 0 Å². The van der Waals surface area contributed by atoms with Gasteiger partial charge in [-0.05, 0) is 58.2 Å². The average Bonchev–Trinajstić information content (AvgIpc) is 2.49. The van der Waals surface area contributed by atoms with Gasteiger partial charge in [-0.25, -0.2) is 4.98 Å². The molecule has 1 aromatic heterocycles. The maximum Gasteiger partial charge on any atom is 0.257 e. The Hall–Kier alpha value is -1.72. The quantitative estimate of drug-likeness (QED) is 0.889. The third-order valence-corrected chi connectivity index (χ3v) is 3.82. The van der Waals surface area contributed by atoms with Gasteiger partial charge >= 0.3 is 0 Å². The molecule has 2 aromatic rings. The molecule has 2 N–H and O–H groups in total. The van der Waals surface area contributed by atoms with Gasteiger partial charge in [-0.1, -0.05) is 12.1 Å². The van der Waals surface area contributed by atoms with E-state index in [9.17, 15) is 4.79 Å². The zero-order chi connectivity index (χ0) is 13.9. The number of carbonyl (C=O) groups excluding carboxylic acids is 1. The minimum absolute atomic E-state index is 0.0985. The first-order chi connectivity index (χ1) is 9.74. The Kier molecular flexibility index (Phi) is 3.80. The first-order valence-corrected chi connectivity index (χ1v) is 7.28. The predicted molar refractivity (Wildman–Crippen MR) is 81.7 cm³/mol. The molecule has 0 spiro atoms. The third kappa shape index (κ3) is 2.73. The number of anilines is 1. The molecule has 0 unspecified atom stereocenters. The van der Waals surface area contributed by atoms with E-state index >= 15 is 0 Å². The van der Waals surface area contributed by atoms with Crippen molar-refractivity contribution in [2.75, 3.05) is 11.9 Å². The van der Waals surface area contributed by atoms with E-state index in [0.29, 0.717) is 5.82 Å². The van der Waals surface area contributed by atoms with Crippen molar-refractivity contribution >= 4 is 27.7 Å². The number of aromatic nitrogens is 1. The molecule has 0 atom stereocenters. The molecule has 1 aliphatic rings. The maximum absolute atomic E-state index is 12.4. The van der Waals surface area contributed by atoms with Gasteiger partial charge in [0.25, 0.3) is 5.91 Å². The maximum atomic E-state index is 12.4. The summed E-state index contributed by atoms with van der Waals surface area (Å²) in [5.41, 5.74) is 3.09. The van der Waals surface area contributed by atoms with Crippen LogP contribution in [0.3, 0.4) is 0 Å². The fourth-order valence-corrected chi connectivity index (χ4v) is 2.61. The normalized spacial score (nSPS) is 13.7. The lowest BCUT2D eigenvalue weighted by Crippen LogP contribution is -2.26. The van der Waals surface area contributed by atoms with Gasteiger partial charge in [0.1, 0.15) is 5.82 Å². The highest BCUT2D eigenvalue weighted by atomic mass is 79.9. The number of benzene rings is 1. The van der Waals surface area contributed by atoms with Crippen LogP contribution in [0.2, 0.25) is 0 Å². The van der Waals surface area contributed by atoms with Crippen molar-refractivity contribution in [3.05, 3.63) is 57.7 Å². The Balaban J connectivity index is 1.85. The van der Waals surface area contributed by atoms with E-state index in [4.69, 9.17) is 0 Å². The lowest BCUT2D eigenvalue weighted by atomic mass is 9.95. The highest BCUT2D eigenvalue weighted by Gasteiger charge is 2.17. The molecular weight excluding hydrogens is 318 g/mol. The van der Waals surface area contributed by atoms with E-state index in [0.717, 1.165) is 35.1 Å². The van der Waals surface area contributed by atoms with Crippen molar-refractivity contribution in [3.8, 4) is 0 Å². The molecule has 102 valence electrons. The van der Waals surface area contributed by atoms with E-state index in [1.54, 1.807) is 12.3 Å². The van der Waals surface area contributed by atoms with Crippen LogP contribution in [0.15, 0.2) is 41.0 Å². The average molecular weight is 332 g/mol. The van der Waals surface area contributed by atoms with Crippen molar-refractivity contribution < 1.29 is 4.79 Å². The summed E-state index contributed by atoms with van der Waals surface area (Å²) >= 11 is 3.32. The van der Waals surface area contributed by atoms with Gasteiger partial charge in [0.05, 0.1) is 0 Å². The lowest BCUT2D eigenvalue weighted by molar-refractivity contribution is 0.102. The monoisotopic (exact) mass is 331 g/mol. The number of nitrogens with one attached hydrogen (secondary N) is 2. The van der Waals surface area contributed by atoms with Crippen molar-refractivity contribution in [1.82, 2.24) is 10.3 Å². The summed E-state index contributed by atoms with van der Waals surface area (Å²) in [6.07, 6.45) is 2.55. The molecule has 0 fully saturated rings. The van der Waals surface area contributed by atoms with Crippen molar-refractivity contribution in [3.63, 3.8) is 0 Å². The van der Waals surface area contributed by atoms with Gasteiger partial charge in [-0.3, -0.25) is 4.79 Å². The first-order valence-electron chi connectivity index (χ1n) is 6.48. The van der Waals surface area contributed by atoms with E-state index in [1.165, 1.54) is 5.56 Å². The lowest BCUT2D eigenvalue weighted by Gasteiger charge is -2.19. The molecule has 0 radical (unpaired) electrons. The second-order valence-corrected chi connectivity index (χ2v) is 5.60. The SMILES string of the molecule is O=C(Nc1ccc(Br)cn1)c1cccc2c1CCNC2. The summed E-state index contributed by atoms with van der Waals surface area (Å²) in [4.78, 5) is 16.6. The fourth-order valence-electron chi connectivity index (χ4n) is 2.38. The second-order valence-electron chi connectivity index (χ2n) is 4.69. The molecule has 3 rings (SSSR count). The standard InChI is InChI=1S/C15H14BrN3O/c16-11-4-5-14(18-9-11)19-15(20)13-3-1-2-10-8-17-7-6-12(10)13/h1-5,9,17H,6-8H2,(H,18,19,20). The number of amides is 1. The molecular formula is C15H14BrN3O. The van der Waals surface area contributed by atoms with Crippen LogP contribution in [0, 0.1) is 0 Å². The second kappa shape index (κ2) is 5.73. The molecule has 5 heteroatoms. The van der Waals surface area contributed by atoms with Crippen LogP contribution in [0.5, 0.6) is 0 Å². The van der Waals surface area contributed by atoms with Crippen LogP contribution in [0.1, 0.15) is 21.5 Å². The number of hydrogen-bond donors (Lipinski definition) is 2. The summed E-state index contributed by atoms with van der Waals surface area (Å²) in [6.45, 7) is 1.74. The zero-order valence-corrected chi connectivity index (χ0v) is 12.4. The van der Waals surface area contributed by atoms with Gasteiger partial charge in [0, 0.05) is 22.8 Å². The minimum atomic E-state index is -0.0985. The molecule has 20 heavy (non-hydrogen) atoms. The first kappa shape index (κ1) is 13.3. The van der Waals surface area contributed by atoms with Crippen LogP contribution < -0.4 is 10.6 Å². The number of rotatable bonds is 2. The number of carbonyl (C=O) groups is 1. The minimum Gasteiger partial charge on any atom is -0.312 e. The topological polar surface area (TPSA) is 54.0 Å². The van der Waals surface area contributed by atoms with Gasteiger partial charge in [-0.2, -0.15) is 0 Å². The summed E-state index contributed by atoms with van der Waals surface area (Å²) < 4.78 is 0.888.